The summed E-state index contributed by atoms with van der Waals surface area (Å²) in [5, 5.41) is 8.76. The van der Waals surface area contributed by atoms with Gasteiger partial charge in [-0.1, -0.05) is 38.3 Å². The number of carbonyl (C=O) groups excluding carboxylic acids is 1. The van der Waals surface area contributed by atoms with Crippen molar-refractivity contribution in [1.82, 2.24) is 0 Å². The van der Waals surface area contributed by atoms with Gasteiger partial charge in [-0.3, -0.25) is 4.79 Å². The number of nitrogens with zero attached hydrogens (tertiary/aromatic N) is 1. The topological polar surface area (TPSA) is 40.9 Å². The normalized spacial score (nSPS) is 17.1. The van der Waals surface area contributed by atoms with Gasteiger partial charge < -0.3 is 0 Å². The minimum absolute atomic E-state index is 0.0197. The molecule has 0 bridgehead atoms. The molecule has 0 aliphatic carbocycles. The Morgan fingerprint density at radius 2 is 2.11 bits per heavy atom. The quantitative estimate of drug-likeness (QED) is 0.419. The molecule has 0 spiro atoms. The van der Waals surface area contributed by atoms with Crippen LogP contribution < -0.4 is 0 Å². The number of Topliss-reactive ketones (excluding diaryl/α,β-unsaturated/α-hetero) is 1. The van der Waals surface area contributed by atoms with Crippen molar-refractivity contribution in [2.24, 2.45) is 5.92 Å². The summed E-state index contributed by atoms with van der Waals surface area (Å²) < 4.78 is 0. The second-order valence-electron chi connectivity index (χ2n) is 5.01. The molecule has 1 rings (SSSR count). The number of hydrogen-bond acceptors (Lipinski definition) is 2. The van der Waals surface area contributed by atoms with Crippen LogP contribution in [-0.4, -0.2) is 12.5 Å². The third-order valence-electron chi connectivity index (χ3n) is 3.36. The maximum atomic E-state index is 12.4. The predicted molar refractivity (Wildman–Crippen MR) is 76.4 cm³/mol. The van der Waals surface area contributed by atoms with E-state index in [1.165, 1.54) is 0 Å². The number of rotatable bonds is 5. The molecule has 0 atom stereocenters. The first kappa shape index (κ1) is 14.5. The highest BCUT2D eigenvalue weighted by Gasteiger charge is 2.39. The summed E-state index contributed by atoms with van der Waals surface area (Å²) >= 11 is 0. The van der Waals surface area contributed by atoms with E-state index in [1.54, 1.807) is 0 Å². The van der Waals surface area contributed by atoms with Crippen molar-refractivity contribution in [2.45, 2.75) is 39.8 Å². The molecule has 0 amide bonds. The Kier molecular flexibility index (Phi) is 5.16. The minimum atomic E-state index is 0.0197. The zero-order valence-corrected chi connectivity index (χ0v) is 11.5. The van der Waals surface area contributed by atoms with Gasteiger partial charge in [0.1, 0.15) is 0 Å². The molecule has 1 saturated heterocycles. The molecule has 0 unspecified atom stereocenters. The molecule has 3 heteroatoms. The maximum Gasteiger partial charge on any atom is 0.269 e. The first-order chi connectivity index (χ1) is 8.51. The average Bonchev–Trinajstić information content (AvgIpc) is 2.24. The van der Waals surface area contributed by atoms with E-state index in [2.05, 4.69) is 19.5 Å². The van der Waals surface area contributed by atoms with Gasteiger partial charge in [0, 0.05) is 17.5 Å². The highest BCUT2D eigenvalue weighted by molar-refractivity contribution is 6.70. The molecule has 0 N–H and O–H groups in total. The summed E-state index contributed by atoms with van der Waals surface area (Å²) in [7, 11) is 0. The number of hydrogen-bond donors (Lipinski definition) is 0. The van der Waals surface area contributed by atoms with Crippen molar-refractivity contribution in [2.75, 3.05) is 0 Å². The molecule has 1 fully saturated rings. The van der Waals surface area contributed by atoms with Gasteiger partial charge in [-0.2, -0.15) is 0 Å². The first-order valence-electron chi connectivity index (χ1n) is 6.48. The first-order valence-corrected chi connectivity index (χ1v) is 6.48. The molecule has 1 aliphatic rings. The average molecular weight is 241 g/mol. The Morgan fingerprint density at radius 3 is 2.56 bits per heavy atom. The second-order valence-corrected chi connectivity index (χ2v) is 5.01. The SMILES string of the molecule is C=C(C)/C(C(=O)C1CB(C#N)C1)=C(C)\C=C/CC. The molecular formula is C15H20BNO. The molecule has 0 aromatic rings. The van der Waals surface area contributed by atoms with Gasteiger partial charge in [-0.15, -0.1) is 0 Å². The lowest BCUT2D eigenvalue weighted by Crippen LogP contribution is -2.36. The molecule has 18 heavy (non-hydrogen) atoms. The molecule has 1 aliphatic heterocycles. The van der Waals surface area contributed by atoms with Crippen LogP contribution in [0.2, 0.25) is 12.6 Å². The Bertz CT molecular complexity index is 448. The second kappa shape index (κ2) is 6.40. The Balaban J connectivity index is 2.87. The van der Waals surface area contributed by atoms with Gasteiger partial charge in [0.25, 0.3) is 6.71 Å². The summed E-state index contributed by atoms with van der Waals surface area (Å²) in [6.07, 6.45) is 6.40. The third-order valence-corrected chi connectivity index (χ3v) is 3.36. The fourth-order valence-electron chi connectivity index (χ4n) is 2.26. The van der Waals surface area contributed by atoms with E-state index in [-0.39, 0.29) is 18.4 Å². The largest absolute Gasteiger partial charge is 0.294 e. The third kappa shape index (κ3) is 3.23. The lowest BCUT2D eigenvalue weighted by atomic mass is 9.32. The van der Waals surface area contributed by atoms with Crippen molar-refractivity contribution < 1.29 is 4.79 Å². The molecule has 0 aromatic carbocycles. The fraction of sp³-hybridized carbons (Fsp3) is 0.467. The summed E-state index contributed by atoms with van der Waals surface area (Å²) in [5.41, 5.74) is 2.55. The molecule has 94 valence electrons. The van der Waals surface area contributed by atoms with Crippen molar-refractivity contribution in [3.63, 3.8) is 0 Å². The number of allylic oxidation sites excluding steroid dienone is 5. The van der Waals surface area contributed by atoms with Gasteiger partial charge in [0.2, 0.25) is 0 Å². The lowest BCUT2D eigenvalue weighted by molar-refractivity contribution is -0.118. The highest BCUT2D eigenvalue weighted by Crippen LogP contribution is 2.33. The van der Waals surface area contributed by atoms with E-state index in [0.717, 1.165) is 23.1 Å². The van der Waals surface area contributed by atoms with Gasteiger partial charge in [0.15, 0.2) is 5.78 Å². The Hall–Kier alpha value is -1.56. The van der Waals surface area contributed by atoms with E-state index in [4.69, 9.17) is 5.26 Å². The summed E-state index contributed by atoms with van der Waals surface area (Å²) in [6.45, 7) is 9.86. The van der Waals surface area contributed by atoms with E-state index < -0.39 is 0 Å². The van der Waals surface area contributed by atoms with Crippen LogP contribution in [0.4, 0.5) is 0 Å². The van der Waals surface area contributed by atoms with Gasteiger partial charge in [0.05, 0.1) is 0 Å². The fourth-order valence-corrected chi connectivity index (χ4v) is 2.26. The smallest absolute Gasteiger partial charge is 0.269 e. The summed E-state index contributed by atoms with van der Waals surface area (Å²) in [5.74, 6) is 2.39. The van der Waals surface area contributed by atoms with Gasteiger partial charge >= 0.3 is 0 Å². The highest BCUT2D eigenvalue weighted by atomic mass is 16.1. The molecule has 1 heterocycles. The molecule has 0 radical (unpaired) electrons. The van der Waals surface area contributed by atoms with E-state index in [9.17, 15) is 4.79 Å². The van der Waals surface area contributed by atoms with E-state index in [1.807, 2.05) is 26.0 Å². The molecule has 0 saturated carbocycles. The van der Waals surface area contributed by atoms with Crippen molar-refractivity contribution in [3.8, 4) is 5.97 Å². The number of ketones is 1. The molecular weight excluding hydrogens is 221 g/mol. The predicted octanol–water partition coefficient (Wildman–Crippen LogP) is 3.60. The van der Waals surface area contributed by atoms with Crippen LogP contribution in [0.15, 0.2) is 35.5 Å². The van der Waals surface area contributed by atoms with Crippen LogP contribution in [0.3, 0.4) is 0 Å². The Morgan fingerprint density at radius 1 is 1.50 bits per heavy atom. The van der Waals surface area contributed by atoms with Crippen molar-refractivity contribution in [3.05, 3.63) is 35.5 Å². The van der Waals surface area contributed by atoms with Crippen LogP contribution in [0.5, 0.6) is 0 Å². The van der Waals surface area contributed by atoms with Crippen LogP contribution in [0.25, 0.3) is 0 Å². The van der Waals surface area contributed by atoms with Crippen molar-refractivity contribution in [1.29, 1.82) is 5.26 Å². The zero-order chi connectivity index (χ0) is 13.7. The van der Waals surface area contributed by atoms with Crippen LogP contribution in [0.1, 0.15) is 27.2 Å². The summed E-state index contributed by atoms with van der Waals surface area (Å²) in [6, 6.07) is 0. The molecule has 0 aromatic heterocycles. The van der Waals surface area contributed by atoms with Gasteiger partial charge in [-0.05, 0) is 31.4 Å². The minimum Gasteiger partial charge on any atom is -0.294 e. The van der Waals surface area contributed by atoms with E-state index >= 15 is 0 Å². The number of carbonyl (C=O) groups is 1. The monoisotopic (exact) mass is 241 g/mol. The van der Waals surface area contributed by atoms with Crippen LogP contribution in [-0.2, 0) is 4.79 Å². The standard InChI is InChI=1S/C15H20BNO/c1-5-6-7-12(4)14(11(2)3)15(18)13-8-16(9-13)10-17/h6-7,13H,2,5,8-9H2,1,3-4H3/b7-6-,14-12+. The van der Waals surface area contributed by atoms with Gasteiger partial charge in [-0.25, -0.2) is 5.26 Å². The Labute approximate surface area is 110 Å². The lowest BCUT2D eigenvalue weighted by Gasteiger charge is -2.28. The van der Waals surface area contributed by atoms with Crippen LogP contribution in [0, 0.1) is 17.1 Å². The van der Waals surface area contributed by atoms with Crippen LogP contribution >= 0.6 is 0 Å². The maximum absolute atomic E-state index is 12.4. The zero-order valence-electron chi connectivity index (χ0n) is 11.5. The summed E-state index contributed by atoms with van der Waals surface area (Å²) in [4.78, 5) is 12.4. The van der Waals surface area contributed by atoms with Crippen molar-refractivity contribution >= 4 is 12.5 Å². The molecule has 2 nitrogen and oxygen atoms in total. The number of nitriles is 1. The van der Waals surface area contributed by atoms with E-state index in [0.29, 0.717) is 12.6 Å².